The van der Waals surface area contributed by atoms with Crippen LogP contribution in [0.25, 0.3) is 0 Å². The molecule has 0 bridgehead atoms. The minimum Gasteiger partial charge on any atom is -0.478 e. The monoisotopic (exact) mass is 328 g/mol. The maximum atomic E-state index is 10.6. The molecular formula is C20H24O4. The summed E-state index contributed by atoms with van der Waals surface area (Å²) in [5.41, 5.74) is 2.55. The molecule has 2 N–H and O–H groups in total. The van der Waals surface area contributed by atoms with E-state index in [0.29, 0.717) is 0 Å². The quantitative estimate of drug-likeness (QED) is 0.504. The van der Waals surface area contributed by atoms with E-state index in [1.165, 1.54) is 0 Å². The Morgan fingerprint density at radius 3 is 1.21 bits per heavy atom. The van der Waals surface area contributed by atoms with Crippen LogP contribution in [0.3, 0.4) is 0 Å². The van der Waals surface area contributed by atoms with Crippen molar-refractivity contribution in [3.8, 4) is 0 Å². The molecule has 0 rings (SSSR count). The summed E-state index contributed by atoms with van der Waals surface area (Å²) in [6.45, 7) is 6.92. The van der Waals surface area contributed by atoms with Gasteiger partial charge in [0, 0.05) is 11.1 Å². The van der Waals surface area contributed by atoms with E-state index in [4.69, 9.17) is 10.2 Å². The molecule has 4 nitrogen and oxygen atoms in total. The van der Waals surface area contributed by atoms with Crippen molar-refractivity contribution < 1.29 is 19.8 Å². The van der Waals surface area contributed by atoms with E-state index >= 15 is 0 Å². The van der Waals surface area contributed by atoms with E-state index in [9.17, 15) is 9.59 Å². The number of carboxylic acid groups (broad SMARTS) is 2. The van der Waals surface area contributed by atoms with Gasteiger partial charge in [-0.2, -0.15) is 0 Å². The Bertz CT molecular complexity index is 608. The Morgan fingerprint density at radius 2 is 0.917 bits per heavy atom. The second kappa shape index (κ2) is 11.7. The van der Waals surface area contributed by atoms with Gasteiger partial charge in [0.25, 0.3) is 0 Å². The number of allylic oxidation sites excluding steroid dienone is 12. The molecule has 0 radical (unpaired) electrons. The molecule has 0 saturated heterocycles. The highest BCUT2D eigenvalue weighted by Crippen LogP contribution is 2.01. The van der Waals surface area contributed by atoms with Crippen LogP contribution in [0.1, 0.15) is 27.7 Å². The Labute approximate surface area is 143 Å². The fourth-order valence-corrected chi connectivity index (χ4v) is 1.36. The lowest BCUT2D eigenvalue weighted by Crippen LogP contribution is -1.94. The van der Waals surface area contributed by atoms with Crippen molar-refractivity contribution in [1.29, 1.82) is 0 Å². The smallest absolute Gasteiger partial charge is 0.331 e. The van der Waals surface area contributed by atoms with Crippen LogP contribution < -0.4 is 0 Å². The number of rotatable bonds is 8. The van der Waals surface area contributed by atoms with Crippen molar-refractivity contribution in [2.45, 2.75) is 27.7 Å². The van der Waals surface area contributed by atoms with Crippen molar-refractivity contribution in [3.05, 3.63) is 83.1 Å². The largest absolute Gasteiger partial charge is 0.478 e. The number of hydrogen-bond donors (Lipinski definition) is 2. The highest BCUT2D eigenvalue weighted by Gasteiger charge is 1.96. The Hall–Kier alpha value is -2.88. The minimum absolute atomic E-state index is 0.284. The first-order valence-electron chi connectivity index (χ1n) is 7.42. The van der Waals surface area contributed by atoms with Crippen molar-refractivity contribution in [1.82, 2.24) is 0 Å². The molecule has 0 amide bonds. The number of aliphatic carboxylic acids is 2. The third-order valence-corrected chi connectivity index (χ3v) is 2.91. The van der Waals surface area contributed by atoms with E-state index < -0.39 is 11.9 Å². The van der Waals surface area contributed by atoms with Gasteiger partial charge in [0.1, 0.15) is 0 Å². The highest BCUT2D eigenvalue weighted by atomic mass is 16.4. The van der Waals surface area contributed by atoms with E-state index in [2.05, 4.69) is 0 Å². The zero-order valence-electron chi connectivity index (χ0n) is 14.5. The number of hydrogen-bond acceptors (Lipinski definition) is 2. The first-order valence-corrected chi connectivity index (χ1v) is 7.42. The predicted octanol–water partition coefficient (Wildman–Crippen LogP) is 4.61. The first-order chi connectivity index (χ1) is 11.2. The Kier molecular flexibility index (Phi) is 10.3. The Balaban J connectivity index is 4.63. The summed E-state index contributed by atoms with van der Waals surface area (Å²) < 4.78 is 0. The van der Waals surface area contributed by atoms with Gasteiger partial charge in [-0.25, -0.2) is 9.59 Å². The minimum atomic E-state index is -0.928. The van der Waals surface area contributed by atoms with Gasteiger partial charge in [-0.05, 0) is 27.7 Å². The summed E-state index contributed by atoms with van der Waals surface area (Å²) in [5, 5.41) is 17.4. The molecule has 0 unspecified atom stereocenters. The van der Waals surface area contributed by atoms with Gasteiger partial charge < -0.3 is 10.2 Å². The Morgan fingerprint density at radius 1 is 0.583 bits per heavy atom. The van der Waals surface area contributed by atoms with Crippen molar-refractivity contribution in [2.24, 2.45) is 0 Å². The van der Waals surface area contributed by atoms with E-state index in [1.807, 2.05) is 50.3 Å². The average Bonchev–Trinajstić information content (AvgIpc) is 2.51. The second-order valence-electron chi connectivity index (χ2n) is 5.23. The molecular weight excluding hydrogens is 304 g/mol. The maximum absolute atomic E-state index is 10.6. The van der Waals surface area contributed by atoms with Gasteiger partial charge in [-0.15, -0.1) is 0 Å². The van der Waals surface area contributed by atoms with Gasteiger partial charge in [-0.1, -0.05) is 71.9 Å². The summed E-state index contributed by atoms with van der Waals surface area (Å²) in [6.07, 6.45) is 17.7. The van der Waals surface area contributed by atoms with Crippen LogP contribution >= 0.6 is 0 Å². The third-order valence-electron chi connectivity index (χ3n) is 2.91. The first kappa shape index (κ1) is 21.1. The van der Waals surface area contributed by atoms with Gasteiger partial charge >= 0.3 is 11.9 Å². The summed E-state index contributed by atoms with van der Waals surface area (Å²) in [4.78, 5) is 21.2. The summed E-state index contributed by atoms with van der Waals surface area (Å²) in [5.74, 6) is -1.86. The van der Waals surface area contributed by atoms with Gasteiger partial charge in [0.2, 0.25) is 0 Å². The molecule has 0 aliphatic heterocycles. The summed E-state index contributed by atoms with van der Waals surface area (Å²) in [7, 11) is 0. The molecule has 0 aromatic rings. The maximum Gasteiger partial charge on any atom is 0.331 e. The SMILES string of the molecule is CC(/C=C\C=C(/C)C(=O)O)=C\C=C\C=C(C)\C=C\C=C(/C)C(=O)O. The molecule has 24 heavy (non-hydrogen) atoms. The molecule has 0 aliphatic carbocycles. The van der Waals surface area contributed by atoms with Crippen molar-refractivity contribution >= 4 is 11.9 Å². The highest BCUT2D eigenvalue weighted by molar-refractivity contribution is 5.86. The van der Waals surface area contributed by atoms with E-state index in [0.717, 1.165) is 11.1 Å². The average molecular weight is 328 g/mol. The van der Waals surface area contributed by atoms with Crippen LogP contribution in [0, 0.1) is 0 Å². The van der Waals surface area contributed by atoms with E-state index in [-0.39, 0.29) is 11.1 Å². The summed E-state index contributed by atoms with van der Waals surface area (Å²) >= 11 is 0. The van der Waals surface area contributed by atoms with Crippen LogP contribution in [0.4, 0.5) is 0 Å². The van der Waals surface area contributed by atoms with Gasteiger partial charge in [-0.3, -0.25) is 0 Å². The van der Waals surface area contributed by atoms with Crippen molar-refractivity contribution in [3.63, 3.8) is 0 Å². The fraction of sp³-hybridized carbons (Fsp3) is 0.200. The topological polar surface area (TPSA) is 74.6 Å². The zero-order chi connectivity index (χ0) is 18.5. The summed E-state index contributed by atoms with van der Waals surface area (Å²) in [6, 6.07) is 0. The molecule has 128 valence electrons. The molecule has 0 spiro atoms. The molecule has 4 heteroatoms. The van der Waals surface area contributed by atoms with Crippen LogP contribution in [0.2, 0.25) is 0 Å². The lowest BCUT2D eigenvalue weighted by molar-refractivity contribution is -0.133. The van der Waals surface area contributed by atoms with Crippen LogP contribution in [-0.2, 0) is 9.59 Å². The molecule has 0 aromatic heterocycles. The zero-order valence-corrected chi connectivity index (χ0v) is 14.5. The number of carboxylic acids is 2. The standard InChI is InChI=1S/C20H24O4/c1-15(11-7-13-17(3)19(21)22)9-5-6-10-16(2)12-8-14-18(4)20(23)24/h5-14H,1-4H3,(H,21,22)(H,23,24)/b6-5+,11-7-,12-8+,15-9+,16-10+,17-13+,18-14+. The predicted molar refractivity (Wildman–Crippen MR) is 97.7 cm³/mol. The lowest BCUT2D eigenvalue weighted by atomic mass is 10.2. The van der Waals surface area contributed by atoms with Crippen LogP contribution in [0.5, 0.6) is 0 Å². The normalized spacial score (nSPS) is 15.0. The number of carbonyl (C=O) groups is 2. The molecule has 0 saturated carbocycles. The van der Waals surface area contributed by atoms with Gasteiger partial charge in [0.05, 0.1) is 0 Å². The lowest BCUT2D eigenvalue weighted by Gasteiger charge is -1.90. The van der Waals surface area contributed by atoms with Crippen molar-refractivity contribution in [2.75, 3.05) is 0 Å². The molecule has 0 aliphatic rings. The van der Waals surface area contributed by atoms with Gasteiger partial charge in [0.15, 0.2) is 0 Å². The molecule has 0 aromatic carbocycles. The molecule has 0 fully saturated rings. The van der Waals surface area contributed by atoms with Crippen LogP contribution in [0.15, 0.2) is 83.1 Å². The molecule has 0 atom stereocenters. The van der Waals surface area contributed by atoms with E-state index in [1.54, 1.807) is 38.2 Å². The van der Waals surface area contributed by atoms with Crippen LogP contribution in [-0.4, -0.2) is 22.2 Å². The second-order valence-corrected chi connectivity index (χ2v) is 5.23. The fourth-order valence-electron chi connectivity index (χ4n) is 1.36. The third kappa shape index (κ3) is 10.8. The molecule has 0 heterocycles.